The van der Waals surface area contributed by atoms with Gasteiger partial charge in [-0.05, 0) is 42.2 Å². The van der Waals surface area contributed by atoms with Gasteiger partial charge >= 0.3 is 5.97 Å². The van der Waals surface area contributed by atoms with Gasteiger partial charge in [-0.1, -0.05) is 18.2 Å². The third-order valence-corrected chi connectivity index (χ3v) is 6.09. The lowest BCUT2D eigenvalue weighted by molar-refractivity contribution is -0.385. The Morgan fingerprint density at radius 3 is 2.56 bits per heavy atom. The third kappa shape index (κ3) is 3.35. The molecule has 3 heterocycles. The maximum Gasteiger partial charge on any atom is 0.335 e. The lowest BCUT2D eigenvalue weighted by Crippen LogP contribution is -2.05. The SMILES string of the molecule is O=C(O)c1ccc(-c2c([N+](=O)[O-])c(Cc3ccc(F)cc3F)nc3c4n(c(O)c23)CCC4)cc1. The Morgan fingerprint density at radius 2 is 1.91 bits per heavy atom. The van der Waals surface area contributed by atoms with Crippen molar-refractivity contribution >= 4 is 22.6 Å². The second-order valence-corrected chi connectivity index (χ2v) is 8.08. The average Bonchev–Trinajstić information content (AvgIpc) is 3.38. The van der Waals surface area contributed by atoms with E-state index in [0.717, 1.165) is 12.5 Å². The normalized spacial score (nSPS) is 12.8. The molecular weight excluding hydrogens is 448 g/mol. The molecule has 0 amide bonds. The molecule has 34 heavy (non-hydrogen) atoms. The number of hydrogen-bond acceptors (Lipinski definition) is 5. The number of halogens is 2. The number of nitrogens with zero attached hydrogens (tertiary/aromatic N) is 3. The number of carboxylic acid groups (broad SMARTS) is 1. The van der Waals surface area contributed by atoms with E-state index in [4.69, 9.17) is 0 Å². The highest BCUT2D eigenvalue weighted by molar-refractivity contribution is 6.05. The van der Waals surface area contributed by atoms with E-state index in [0.29, 0.717) is 35.8 Å². The lowest BCUT2D eigenvalue weighted by Gasteiger charge is -2.12. The molecule has 8 nitrogen and oxygen atoms in total. The van der Waals surface area contributed by atoms with Gasteiger partial charge < -0.3 is 14.8 Å². The molecular formula is C24H17F2N3O5. The molecule has 0 saturated heterocycles. The summed E-state index contributed by atoms with van der Waals surface area (Å²) in [6.45, 7) is 0.518. The van der Waals surface area contributed by atoms with Gasteiger partial charge in [0.05, 0.1) is 27.0 Å². The van der Waals surface area contributed by atoms with Crippen LogP contribution in [-0.4, -0.2) is 30.7 Å². The predicted molar refractivity (Wildman–Crippen MR) is 118 cm³/mol. The highest BCUT2D eigenvalue weighted by atomic mass is 19.1. The van der Waals surface area contributed by atoms with Crippen molar-refractivity contribution in [3.8, 4) is 17.0 Å². The summed E-state index contributed by atoms with van der Waals surface area (Å²) in [5.74, 6) is -2.93. The number of benzene rings is 2. The number of pyridine rings is 1. The molecule has 0 fully saturated rings. The summed E-state index contributed by atoms with van der Waals surface area (Å²) in [5.41, 5.74) is 1.02. The molecule has 2 aromatic carbocycles. The number of nitro groups is 1. The first kappa shape index (κ1) is 21.5. The Balaban J connectivity index is 1.83. The Kier molecular flexibility index (Phi) is 5.00. The highest BCUT2D eigenvalue weighted by Crippen LogP contribution is 2.46. The Morgan fingerprint density at radius 1 is 1.18 bits per heavy atom. The zero-order valence-corrected chi connectivity index (χ0v) is 17.6. The van der Waals surface area contributed by atoms with Crippen LogP contribution in [0.3, 0.4) is 0 Å². The summed E-state index contributed by atoms with van der Waals surface area (Å²) in [7, 11) is 0. The molecule has 0 spiro atoms. The van der Waals surface area contributed by atoms with Gasteiger partial charge in [0.1, 0.15) is 17.3 Å². The number of fused-ring (bicyclic) bond motifs is 3. The van der Waals surface area contributed by atoms with Gasteiger partial charge in [-0.15, -0.1) is 0 Å². The summed E-state index contributed by atoms with van der Waals surface area (Å²) in [6, 6.07) is 8.46. The zero-order chi connectivity index (χ0) is 24.1. The number of aromatic nitrogens is 2. The van der Waals surface area contributed by atoms with E-state index >= 15 is 0 Å². The number of carbonyl (C=O) groups is 1. The zero-order valence-electron chi connectivity index (χ0n) is 17.6. The molecule has 0 atom stereocenters. The minimum Gasteiger partial charge on any atom is -0.494 e. The van der Waals surface area contributed by atoms with Gasteiger partial charge in [-0.2, -0.15) is 0 Å². The fourth-order valence-corrected chi connectivity index (χ4v) is 4.57. The van der Waals surface area contributed by atoms with Crippen LogP contribution in [0, 0.1) is 21.7 Å². The molecule has 0 saturated carbocycles. The number of aryl methyl sites for hydroxylation is 1. The van der Waals surface area contributed by atoms with E-state index in [1.807, 2.05) is 0 Å². The Bertz CT molecular complexity index is 1500. The van der Waals surface area contributed by atoms with Crippen molar-refractivity contribution in [2.24, 2.45) is 0 Å². The molecule has 0 unspecified atom stereocenters. The van der Waals surface area contributed by atoms with E-state index in [9.17, 15) is 33.9 Å². The van der Waals surface area contributed by atoms with Crippen molar-refractivity contribution in [1.82, 2.24) is 9.55 Å². The van der Waals surface area contributed by atoms with E-state index in [1.165, 1.54) is 30.3 Å². The molecule has 1 aliphatic rings. The van der Waals surface area contributed by atoms with Crippen LogP contribution in [0.5, 0.6) is 5.88 Å². The average molecular weight is 465 g/mol. The number of rotatable bonds is 5. The second-order valence-electron chi connectivity index (χ2n) is 8.08. The second kappa shape index (κ2) is 7.91. The van der Waals surface area contributed by atoms with Gasteiger partial charge in [0.2, 0.25) is 5.88 Å². The quantitative estimate of drug-likeness (QED) is 0.322. The number of hydrogen-bond donors (Lipinski definition) is 2. The van der Waals surface area contributed by atoms with Crippen LogP contribution in [0.1, 0.15) is 33.7 Å². The summed E-state index contributed by atoms with van der Waals surface area (Å²) >= 11 is 0. The standard InChI is InChI=1S/C24H17F2N3O5/c25-15-8-7-14(16(26)11-15)10-17-22(29(33)34)19(12-3-5-13(6-4-12)24(31)32)20-21(27-17)18-2-1-9-28(18)23(20)30/h3-8,11,30H,1-2,9-10H2,(H,31,32). The highest BCUT2D eigenvalue weighted by Gasteiger charge is 2.33. The van der Waals surface area contributed by atoms with Crippen molar-refractivity contribution < 1.29 is 28.7 Å². The van der Waals surface area contributed by atoms with Crippen LogP contribution in [-0.2, 0) is 19.4 Å². The van der Waals surface area contributed by atoms with Crippen molar-refractivity contribution in [1.29, 1.82) is 0 Å². The van der Waals surface area contributed by atoms with Crippen LogP contribution in [0.4, 0.5) is 14.5 Å². The molecule has 1 aliphatic heterocycles. The number of aromatic carboxylic acids is 1. The third-order valence-electron chi connectivity index (χ3n) is 6.09. The fourth-order valence-electron chi connectivity index (χ4n) is 4.57. The topological polar surface area (TPSA) is 118 Å². The van der Waals surface area contributed by atoms with E-state index in [1.54, 1.807) is 4.57 Å². The molecule has 172 valence electrons. The molecule has 4 aromatic rings. The van der Waals surface area contributed by atoms with Crippen molar-refractivity contribution in [3.63, 3.8) is 0 Å². The molecule has 0 radical (unpaired) electrons. The minimum atomic E-state index is -1.15. The fraction of sp³-hybridized carbons (Fsp3) is 0.167. The first-order valence-electron chi connectivity index (χ1n) is 10.4. The van der Waals surface area contributed by atoms with E-state index in [2.05, 4.69) is 4.98 Å². The van der Waals surface area contributed by atoms with Gasteiger partial charge in [0.15, 0.2) is 0 Å². The summed E-state index contributed by atoms with van der Waals surface area (Å²) < 4.78 is 29.5. The Hall–Kier alpha value is -4.34. The number of aromatic hydroxyl groups is 1. The van der Waals surface area contributed by atoms with Gasteiger partial charge in [-0.25, -0.2) is 18.6 Å². The van der Waals surface area contributed by atoms with E-state index in [-0.39, 0.29) is 40.1 Å². The van der Waals surface area contributed by atoms with Crippen LogP contribution < -0.4 is 0 Å². The largest absolute Gasteiger partial charge is 0.494 e. The molecule has 0 aliphatic carbocycles. The summed E-state index contributed by atoms with van der Waals surface area (Å²) in [4.78, 5) is 27.4. The van der Waals surface area contributed by atoms with Crippen LogP contribution >= 0.6 is 0 Å². The maximum atomic E-state index is 14.4. The first-order chi connectivity index (χ1) is 16.3. The van der Waals surface area contributed by atoms with Gasteiger partial charge in [0.25, 0.3) is 5.69 Å². The first-order valence-corrected chi connectivity index (χ1v) is 10.4. The lowest BCUT2D eigenvalue weighted by atomic mass is 9.95. The van der Waals surface area contributed by atoms with Gasteiger partial charge in [-0.3, -0.25) is 10.1 Å². The molecule has 5 rings (SSSR count). The van der Waals surface area contributed by atoms with Crippen molar-refractivity contribution in [3.05, 3.63) is 86.7 Å². The molecule has 2 N–H and O–H groups in total. The summed E-state index contributed by atoms with van der Waals surface area (Å²) in [5, 5.41) is 32.6. The summed E-state index contributed by atoms with van der Waals surface area (Å²) in [6.07, 6.45) is 1.09. The van der Waals surface area contributed by atoms with Crippen molar-refractivity contribution in [2.75, 3.05) is 0 Å². The number of carboxylic acids is 1. The molecule has 0 bridgehead atoms. The predicted octanol–water partition coefficient (Wildman–Crippen LogP) is 4.83. The van der Waals surface area contributed by atoms with Crippen LogP contribution in [0.25, 0.3) is 22.0 Å². The monoisotopic (exact) mass is 465 g/mol. The minimum absolute atomic E-state index is 0.00564. The Labute approximate surface area is 190 Å². The van der Waals surface area contributed by atoms with Crippen LogP contribution in [0.2, 0.25) is 0 Å². The van der Waals surface area contributed by atoms with Gasteiger partial charge in [0, 0.05) is 24.7 Å². The van der Waals surface area contributed by atoms with Crippen molar-refractivity contribution in [2.45, 2.75) is 25.8 Å². The molecule has 2 aromatic heterocycles. The smallest absolute Gasteiger partial charge is 0.335 e. The maximum absolute atomic E-state index is 14.4. The van der Waals surface area contributed by atoms with E-state index < -0.39 is 28.2 Å². The van der Waals surface area contributed by atoms with Crippen LogP contribution in [0.15, 0.2) is 42.5 Å². The molecule has 10 heteroatoms.